The van der Waals surface area contributed by atoms with E-state index in [2.05, 4.69) is 22.5 Å². The number of carbonyl (C=O) groups excluding carboxylic acids is 1. The van der Waals surface area contributed by atoms with Gasteiger partial charge < -0.3 is 20.8 Å². The highest BCUT2D eigenvalue weighted by molar-refractivity contribution is 5.74. The molecule has 1 aliphatic heterocycles. The van der Waals surface area contributed by atoms with E-state index < -0.39 is 12.1 Å². The second-order valence-electron chi connectivity index (χ2n) is 4.87. The van der Waals surface area contributed by atoms with Crippen molar-refractivity contribution < 1.29 is 19.8 Å². The van der Waals surface area contributed by atoms with Gasteiger partial charge in [-0.15, -0.1) is 0 Å². The number of aliphatic carboxylic acids is 1. The van der Waals surface area contributed by atoms with Crippen LogP contribution in [0.1, 0.15) is 26.2 Å². The van der Waals surface area contributed by atoms with Gasteiger partial charge in [-0.2, -0.15) is 0 Å². The lowest BCUT2D eigenvalue weighted by atomic mass is 10.2. The van der Waals surface area contributed by atoms with Crippen LogP contribution in [0.5, 0.6) is 0 Å². The standard InChI is InChI=1S/C12H23N3O4/c1-9(15-6-2-3-7-15)8-14-12(19)13-5-4-10(16)11(17)18/h9-10,16H,2-8H2,1H3,(H,17,18)(H2,13,14,19)/t9?,10-/m0/s1. The summed E-state index contributed by atoms with van der Waals surface area (Å²) in [6, 6.07) is -0.0264. The molecule has 0 spiro atoms. The van der Waals surface area contributed by atoms with Crippen molar-refractivity contribution in [1.82, 2.24) is 15.5 Å². The lowest BCUT2D eigenvalue weighted by Gasteiger charge is -2.23. The average Bonchev–Trinajstić information content (AvgIpc) is 2.89. The molecule has 110 valence electrons. The zero-order valence-corrected chi connectivity index (χ0v) is 11.3. The van der Waals surface area contributed by atoms with Crippen molar-refractivity contribution in [1.29, 1.82) is 0 Å². The number of rotatable bonds is 7. The lowest BCUT2D eigenvalue weighted by Crippen LogP contribution is -2.45. The summed E-state index contributed by atoms with van der Waals surface area (Å²) >= 11 is 0. The normalized spacial score (nSPS) is 18.8. The number of nitrogens with zero attached hydrogens (tertiary/aromatic N) is 1. The second kappa shape index (κ2) is 7.96. The molecule has 1 saturated heterocycles. The molecule has 4 N–H and O–H groups in total. The van der Waals surface area contributed by atoms with E-state index in [9.17, 15) is 9.59 Å². The van der Waals surface area contributed by atoms with Crippen molar-refractivity contribution >= 4 is 12.0 Å². The van der Waals surface area contributed by atoms with Crippen molar-refractivity contribution in [2.24, 2.45) is 0 Å². The number of aliphatic hydroxyl groups is 1. The Morgan fingerprint density at radius 2 is 1.89 bits per heavy atom. The summed E-state index contributed by atoms with van der Waals surface area (Å²) in [5.41, 5.74) is 0. The highest BCUT2D eigenvalue weighted by Crippen LogP contribution is 2.10. The van der Waals surface area contributed by atoms with Gasteiger partial charge in [-0.05, 0) is 32.9 Å². The van der Waals surface area contributed by atoms with Crippen molar-refractivity contribution in [3.63, 3.8) is 0 Å². The first kappa shape index (κ1) is 15.7. The molecule has 0 saturated carbocycles. The maximum atomic E-state index is 11.4. The van der Waals surface area contributed by atoms with E-state index in [1.54, 1.807) is 0 Å². The summed E-state index contributed by atoms with van der Waals surface area (Å²) in [5.74, 6) is -1.27. The predicted octanol–water partition coefficient (Wildman–Crippen LogP) is -0.394. The van der Waals surface area contributed by atoms with Crippen LogP contribution in [0.4, 0.5) is 4.79 Å². The van der Waals surface area contributed by atoms with Gasteiger partial charge in [0.25, 0.3) is 0 Å². The Morgan fingerprint density at radius 3 is 2.47 bits per heavy atom. The number of hydrogen-bond acceptors (Lipinski definition) is 4. The smallest absolute Gasteiger partial charge is 0.332 e. The second-order valence-corrected chi connectivity index (χ2v) is 4.87. The maximum absolute atomic E-state index is 11.4. The molecule has 1 fully saturated rings. The van der Waals surface area contributed by atoms with E-state index in [-0.39, 0.29) is 19.0 Å². The van der Waals surface area contributed by atoms with Crippen LogP contribution >= 0.6 is 0 Å². The van der Waals surface area contributed by atoms with Gasteiger partial charge in [0, 0.05) is 25.6 Å². The molecule has 0 aromatic carbocycles. The third-order valence-corrected chi connectivity index (χ3v) is 3.31. The quantitative estimate of drug-likeness (QED) is 0.506. The highest BCUT2D eigenvalue weighted by atomic mass is 16.4. The number of amides is 2. The SMILES string of the molecule is CC(CNC(=O)NCC[C@H](O)C(=O)O)N1CCCC1. The fourth-order valence-corrected chi connectivity index (χ4v) is 2.06. The van der Waals surface area contributed by atoms with Crippen LogP contribution in [0, 0.1) is 0 Å². The van der Waals surface area contributed by atoms with E-state index in [0.717, 1.165) is 13.1 Å². The lowest BCUT2D eigenvalue weighted by molar-refractivity contribution is -0.146. The number of nitrogens with one attached hydrogen (secondary N) is 2. The number of carboxylic acid groups (broad SMARTS) is 1. The van der Waals surface area contributed by atoms with E-state index in [4.69, 9.17) is 10.2 Å². The molecule has 2 amide bonds. The first-order chi connectivity index (χ1) is 9.00. The molecule has 0 aromatic rings. The molecule has 19 heavy (non-hydrogen) atoms. The van der Waals surface area contributed by atoms with E-state index >= 15 is 0 Å². The Hall–Kier alpha value is -1.34. The maximum Gasteiger partial charge on any atom is 0.332 e. The molecule has 0 bridgehead atoms. The van der Waals surface area contributed by atoms with Crippen LogP contribution in [0.2, 0.25) is 0 Å². The molecule has 1 unspecified atom stereocenters. The van der Waals surface area contributed by atoms with Gasteiger partial charge in [0.1, 0.15) is 0 Å². The molecule has 1 rings (SSSR count). The minimum atomic E-state index is -1.43. The molecule has 0 radical (unpaired) electrons. The molecule has 0 aromatic heterocycles. The molecular weight excluding hydrogens is 250 g/mol. The van der Waals surface area contributed by atoms with Gasteiger partial charge in [-0.25, -0.2) is 9.59 Å². The average molecular weight is 273 g/mol. The number of hydrogen-bond donors (Lipinski definition) is 4. The fourth-order valence-electron chi connectivity index (χ4n) is 2.06. The topological polar surface area (TPSA) is 102 Å². The van der Waals surface area contributed by atoms with Gasteiger partial charge in [0.05, 0.1) is 0 Å². The first-order valence-corrected chi connectivity index (χ1v) is 6.67. The number of likely N-dealkylation sites (tertiary alicyclic amines) is 1. The zero-order valence-electron chi connectivity index (χ0n) is 11.3. The van der Waals surface area contributed by atoms with Crippen LogP contribution < -0.4 is 10.6 Å². The molecule has 0 aliphatic carbocycles. The molecule has 7 nitrogen and oxygen atoms in total. The minimum Gasteiger partial charge on any atom is -0.479 e. The summed E-state index contributed by atoms with van der Waals surface area (Å²) in [4.78, 5) is 24.1. The molecule has 1 aliphatic rings. The Bertz CT molecular complexity index is 305. The number of urea groups is 1. The Balaban J connectivity index is 2.08. The van der Waals surface area contributed by atoms with Crippen molar-refractivity contribution in [2.75, 3.05) is 26.2 Å². The Labute approximate surface area is 113 Å². The number of carbonyl (C=O) groups is 2. The van der Waals surface area contributed by atoms with Gasteiger partial charge in [0.2, 0.25) is 0 Å². The summed E-state index contributed by atoms with van der Waals surface area (Å²) in [7, 11) is 0. The van der Waals surface area contributed by atoms with Gasteiger partial charge >= 0.3 is 12.0 Å². The van der Waals surface area contributed by atoms with Gasteiger partial charge in [-0.3, -0.25) is 4.90 Å². The van der Waals surface area contributed by atoms with E-state index in [1.807, 2.05) is 0 Å². The predicted molar refractivity (Wildman–Crippen MR) is 69.9 cm³/mol. The summed E-state index contributed by atoms with van der Waals surface area (Å²) < 4.78 is 0. The molecule has 7 heteroatoms. The highest BCUT2D eigenvalue weighted by Gasteiger charge is 2.18. The first-order valence-electron chi connectivity index (χ1n) is 6.67. The summed E-state index contributed by atoms with van der Waals surface area (Å²) in [6.45, 7) is 4.93. The Kier molecular flexibility index (Phi) is 6.58. The Morgan fingerprint density at radius 1 is 1.26 bits per heavy atom. The van der Waals surface area contributed by atoms with Crippen molar-refractivity contribution in [3.8, 4) is 0 Å². The summed E-state index contributed by atoms with van der Waals surface area (Å²) in [6.07, 6.45) is 1.00. The van der Waals surface area contributed by atoms with Crippen LogP contribution in [-0.2, 0) is 4.79 Å². The van der Waals surface area contributed by atoms with E-state index in [0.29, 0.717) is 12.6 Å². The third kappa shape index (κ3) is 5.89. The molecule has 1 heterocycles. The van der Waals surface area contributed by atoms with E-state index in [1.165, 1.54) is 12.8 Å². The number of carboxylic acids is 1. The molecular formula is C12H23N3O4. The minimum absolute atomic E-state index is 0.00440. The zero-order chi connectivity index (χ0) is 14.3. The van der Waals surface area contributed by atoms with Crippen LogP contribution in [0.3, 0.4) is 0 Å². The van der Waals surface area contributed by atoms with Crippen molar-refractivity contribution in [2.45, 2.75) is 38.3 Å². The largest absolute Gasteiger partial charge is 0.479 e. The molecule has 2 atom stereocenters. The van der Waals surface area contributed by atoms with Crippen molar-refractivity contribution in [3.05, 3.63) is 0 Å². The monoisotopic (exact) mass is 273 g/mol. The number of aliphatic hydroxyl groups excluding tert-OH is 1. The van der Waals surface area contributed by atoms with Crippen LogP contribution in [0.15, 0.2) is 0 Å². The fraction of sp³-hybridized carbons (Fsp3) is 0.833. The van der Waals surface area contributed by atoms with Crippen LogP contribution in [0.25, 0.3) is 0 Å². The third-order valence-electron chi connectivity index (χ3n) is 3.31. The summed E-state index contributed by atoms with van der Waals surface area (Å²) in [5, 5.41) is 22.7. The van der Waals surface area contributed by atoms with Gasteiger partial charge in [0.15, 0.2) is 6.10 Å². The van der Waals surface area contributed by atoms with Gasteiger partial charge in [-0.1, -0.05) is 0 Å². The van der Waals surface area contributed by atoms with Crippen LogP contribution in [-0.4, -0.2) is 65.4 Å².